The molecule has 2 aromatic carbocycles. The van der Waals surface area contributed by atoms with Gasteiger partial charge >= 0.3 is 0 Å². The van der Waals surface area contributed by atoms with Gasteiger partial charge in [-0.2, -0.15) is 0 Å². The van der Waals surface area contributed by atoms with Crippen LogP contribution in [0.4, 0.5) is 4.39 Å². The minimum Gasteiger partial charge on any atom is -0.497 e. The van der Waals surface area contributed by atoms with Crippen molar-refractivity contribution in [1.82, 2.24) is 0 Å². The number of furan rings is 1. The Morgan fingerprint density at radius 2 is 2.00 bits per heavy atom. The van der Waals surface area contributed by atoms with Gasteiger partial charge in [-0.05, 0) is 35.9 Å². The van der Waals surface area contributed by atoms with E-state index in [9.17, 15) is 4.39 Å². The molecule has 108 valence electrons. The fraction of sp³-hybridized carbons (Fsp3) is 0.125. The molecule has 0 spiro atoms. The van der Waals surface area contributed by atoms with Gasteiger partial charge in [-0.1, -0.05) is 22.0 Å². The molecule has 3 rings (SSSR count). The molecule has 1 heterocycles. The molecule has 0 amide bonds. The number of fused-ring (bicyclic) bond motifs is 1. The predicted octanol–water partition coefficient (Wildman–Crippen LogP) is 4.39. The molecule has 0 bridgehead atoms. The van der Waals surface area contributed by atoms with E-state index >= 15 is 0 Å². The number of benzene rings is 2. The van der Waals surface area contributed by atoms with Crippen LogP contribution >= 0.6 is 15.9 Å². The minimum atomic E-state index is -0.474. The van der Waals surface area contributed by atoms with Crippen LogP contribution in [0.5, 0.6) is 5.75 Å². The second kappa shape index (κ2) is 5.50. The van der Waals surface area contributed by atoms with Gasteiger partial charge in [-0.25, -0.2) is 4.39 Å². The molecule has 0 fully saturated rings. The van der Waals surface area contributed by atoms with Gasteiger partial charge in [0.1, 0.15) is 22.9 Å². The van der Waals surface area contributed by atoms with Gasteiger partial charge < -0.3 is 14.9 Å². The first-order chi connectivity index (χ1) is 10.1. The molecule has 3 nitrogen and oxygen atoms in total. The monoisotopic (exact) mass is 349 g/mol. The Morgan fingerprint density at radius 1 is 1.19 bits per heavy atom. The van der Waals surface area contributed by atoms with E-state index in [1.807, 2.05) is 24.3 Å². The zero-order valence-electron chi connectivity index (χ0n) is 11.3. The van der Waals surface area contributed by atoms with E-state index in [4.69, 9.17) is 14.9 Å². The van der Waals surface area contributed by atoms with Gasteiger partial charge in [0.15, 0.2) is 0 Å². The summed E-state index contributed by atoms with van der Waals surface area (Å²) in [6, 6.07) is 11.4. The van der Waals surface area contributed by atoms with Crippen molar-refractivity contribution in [3.8, 4) is 5.75 Å². The van der Waals surface area contributed by atoms with Gasteiger partial charge in [0, 0.05) is 15.9 Å². The lowest BCUT2D eigenvalue weighted by molar-refractivity contribution is 0.414. The Bertz CT molecular complexity index is 800. The second-order valence-electron chi connectivity index (χ2n) is 4.70. The summed E-state index contributed by atoms with van der Waals surface area (Å²) in [5, 5.41) is 0.944. The highest BCUT2D eigenvalue weighted by atomic mass is 79.9. The Labute approximate surface area is 129 Å². The highest BCUT2D eigenvalue weighted by molar-refractivity contribution is 9.10. The lowest BCUT2D eigenvalue weighted by Crippen LogP contribution is -2.11. The summed E-state index contributed by atoms with van der Waals surface area (Å²) in [6.07, 6.45) is 0. The number of nitrogens with two attached hydrogens (primary N) is 1. The van der Waals surface area contributed by atoms with Crippen LogP contribution in [0.3, 0.4) is 0 Å². The fourth-order valence-corrected chi connectivity index (χ4v) is 2.82. The molecule has 21 heavy (non-hydrogen) atoms. The molecule has 2 N–H and O–H groups in total. The molecule has 0 aliphatic heterocycles. The number of methoxy groups -OCH3 is 1. The van der Waals surface area contributed by atoms with Crippen LogP contribution in [0.15, 0.2) is 51.4 Å². The number of ether oxygens (including phenoxy) is 1. The van der Waals surface area contributed by atoms with Crippen LogP contribution in [0.25, 0.3) is 11.0 Å². The molecule has 0 radical (unpaired) electrons. The maximum atomic E-state index is 13.2. The first-order valence-electron chi connectivity index (χ1n) is 6.36. The zero-order chi connectivity index (χ0) is 15.0. The highest BCUT2D eigenvalue weighted by Crippen LogP contribution is 2.32. The normalized spacial score (nSPS) is 12.6. The molecular formula is C16H13BrFNO2. The standard InChI is InChI=1S/C16H13BrFNO2/c1-20-11-4-2-9-6-15(21-14(9)8-11)16(19)12-5-3-10(18)7-13(12)17/h2-8,16H,19H2,1H3. The van der Waals surface area contributed by atoms with E-state index < -0.39 is 6.04 Å². The molecule has 3 aromatic rings. The third kappa shape index (κ3) is 2.66. The van der Waals surface area contributed by atoms with E-state index in [0.29, 0.717) is 15.8 Å². The number of rotatable bonds is 3. The van der Waals surface area contributed by atoms with Gasteiger partial charge in [0.25, 0.3) is 0 Å². The molecule has 5 heteroatoms. The zero-order valence-corrected chi connectivity index (χ0v) is 12.9. The second-order valence-corrected chi connectivity index (χ2v) is 5.55. The number of hydrogen-bond acceptors (Lipinski definition) is 3. The molecule has 0 saturated carbocycles. The van der Waals surface area contributed by atoms with Gasteiger partial charge in [0.2, 0.25) is 0 Å². The van der Waals surface area contributed by atoms with Gasteiger partial charge in [0.05, 0.1) is 13.2 Å². The Balaban J connectivity index is 2.02. The van der Waals surface area contributed by atoms with Gasteiger partial charge in [-0.3, -0.25) is 0 Å². The van der Waals surface area contributed by atoms with Crippen molar-refractivity contribution in [1.29, 1.82) is 0 Å². The summed E-state index contributed by atoms with van der Waals surface area (Å²) in [5.41, 5.74) is 7.70. The lowest BCUT2D eigenvalue weighted by Gasteiger charge is -2.11. The Hall–Kier alpha value is -1.85. The molecule has 0 aliphatic rings. The molecule has 0 saturated heterocycles. The summed E-state index contributed by atoms with van der Waals surface area (Å²) >= 11 is 3.33. The first-order valence-corrected chi connectivity index (χ1v) is 7.16. The molecule has 1 aromatic heterocycles. The van der Waals surface area contributed by atoms with Crippen LogP contribution < -0.4 is 10.5 Å². The van der Waals surface area contributed by atoms with Gasteiger partial charge in [-0.15, -0.1) is 0 Å². The molecule has 0 aliphatic carbocycles. The molecular weight excluding hydrogens is 337 g/mol. The summed E-state index contributed by atoms with van der Waals surface area (Å²) in [5.74, 6) is 1.03. The quantitative estimate of drug-likeness (QED) is 0.762. The number of halogens is 2. The first kappa shape index (κ1) is 14.1. The van der Waals surface area contributed by atoms with Crippen LogP contribution in [0, 0.1) is 5.82 Å². The van der Waals surface area contributed by atoms with Crippen LogP contribution in [-0.2, 0) is 0 Å². The van der Waals surface area contributed by atoms with E-state index in [0.717, 1.165) is 16.7 Å². The largest absolute Gasteiger partial charge is 0.497 e. The third-order valence-electron chi connectivity index (χ3n) is 3.35. The topological polar surface area (TPSA) is 48.4 Å². The SMILES string of the molecule is COc1ccc2cc(C(N)c3ccc(F)cc3Br)oc2c1. The predicted molar refractivity (Wildman–Crippen MR) is 82.9 cm³/mol. The Morgan fingerprint density at radius 3 is 2.71 bits per heavy atom. The summed E-state index contributed by atoms with van der Waals surface area (Å²) < 4.78 is 24.7. The van der Waals surface area contributed by atoms with E-state index in [1.165, 1.54) is 12.1 Å². The maximum absolute atomic E-state index is 13.2. The average Bonchev–Trinajstić information content (AvgIpc) is 2.89. The summed E-state index contributed by atoms with van der Waals surface area (Å²) in [6.45, 7) is 0. The number of hydrogen-bond donors (Lipinski definition) is 1. The Kier molecular flexibility index (Phi) is 3.69. The lowest BCUT2D eigenvalue weighted by atomic mass is 10.1. The minimum absolute atomic E-state index is 0.313. The van der Waals surface area contributed by atoms with Crippen molar-refractivity contribution >= 4 is 26.9 Å². The maximum Gasteiger partial charge on any atom is 0.138 e. The highest BCUT2D eigenvalue weighted by Gasteiger charge is 2.17. The van der Waals surface area contributed by atoms with E-state index in [-0.39, 0.29) is 5.82 Å². The van der Waals surface area contributed by atoms with E-state index in [2.05, 4.69) is 15.9 Å². The molecule has 1 unspecified atom stereocenters. The third-order valence-corrected chi connectivity index (χ3v) is 4.04. The van der Waals surface area contributed by atoms with Crippen molar-refractivity contribution in [3.05, 3.63) is 64.1 Å². The average molecular weight is 350 g/mol. The fourth-order valence-electron chi connectivity index (χ4n) is 2.22. The summed E-state index contributed by atoms with van der Waals surface area (Å²) in [4.78, 5) is 0. The van der Waals surface area contributed by atoms with Crippen LogP contribution in [-0.4, -0.2) is 7.11 Å². The van der Waals surface area contributed by atoms with Crippen LogP contribution in [0.1, 0.15) is 17.4 Å². The van der Waals surface area contributed by atoms with Crippen molar-refractivity contribution < 1.29 is 13.5 Å². The van der Waals surface area contributed by atoms with E-state index in [1.54, 1.807) is 13.2 Å². The molecule has 1 atom stereocenters. The van der Waals surface area contributed by atoms with Crippen molar-refractivity contribution in [3.63, 3.8) is 0 Å². The van der Waals surface area contributed by atoms with Crippen molar-refractivity contribution in [2.75, 3.05) is 7.11 Å². The van der Waals surface area contributed by atoms with Crippen LogP contribution in [0.2, 0.25) is 0 Å². The smallest absolute Gasteiger partial charge is 0.138 e. The van der Waals surface area contributed by atoms with Crippen molar-refractivity contribution in [2.24, 2.45) is 5.73 Å². The van der Waals surface area contributed by atoms with Crippen molar-refractivity contribution in [2.45, 2.75) is 6.04 Å². The summed E-state index contributed by atoms with van der Waals surface area (Å²) in [7, 11) is 1.60.